The highest BCUT2D eigenvalue weighted by atomic mass is 32.2. The number of carbonyl (C=O) groups is 3. The molecule has 0 saturated carbocycles. The zero-order chi connectivity index (χ0) is 49.2. The van der Waals surface area contributed by atoms with Gasteiger partial charge in [0.25, 0.3) is 42.2 Å². The predicted molar refractivity (Wildman–Crippen MR) is 240 cm³/mol. The topological polar surface area (TPSA) is 279 Å². The van der Waals surface area contributed by atoms with Crippen LogP contribution in [-0.4, -0.2) is 158 Å². The largest absolute Gasteiger partial charge is 0.385 e. The molecule has 2 aromatic carbocycles. The second-order valence-electron chi connectivity index (χ2n) is 16.3. The van der Waals surface area contributed by atoms with Crippen molar-refractivity contribution in [3.63, 3.8) is 0 Å². The van der Waals surface area contributed by atoms with Gasteiger partial charge in [0.05, 0.1) is 67.0 Å². The number of methoxy groups -OCH3 is 2. The number of rotatable bonds is 27. The zero-order valence-electron chi connectivity index (χ0n) is 37.7. The van der Waals surface area contributed by atoms with Crippen molar-refractivity contribution in [3.8, 4) is 0 Å². The van der Waals surface area contributed by atoms with Gasteiger partial charge in [0.2, 0.25) is 5.69 Å². The first kappa shape index (κ1) is 53.5. The minimum absolute atomic E-state index is 0.00123. The lowest BCUT2D eigenvalue weighted by Crippen LogP contribution is -2.33. The number of anilines is 1. The lowest BCUT2D eigenvalue weighted by Gasteiger charge is -2.30. The van der Waals surface area contributed by atoms with Crippen LogP contribution in [0.2, 0.25) is 0 Å². The molecule has 0 bridgehead atoms. The molecule has 2 unspecified atom stereocenters. The van der Waals surface area contributed by atoms with Gasteiger partial charge in [-0.15, -0.1) is 5.06 Å². The van der Waals surface area contributed by atoms with Crippen LogP contribution in [0.5, 0.6) is 0 Å². The van der Waals surface area contributed by atoms with E-state index in [1.807, 2.05) is 35.5 Å². The van der Waals surface area contributed by atoms with Crippen molar-refractivity contribution in [1.82, 2.24) is 5.06 Å². The minimum Gasteiger partial charge on any atom is -0.385 e. The van der Waals surface area contributed by atoms with Crippen LogP contribution in [-0.2, 0) is 84.1 Å². The Morgan fingerprint density at radius 1 is 0.746 bits per heavy atom. The summed E-state index contributed by atoms with van der Waals surface area (Å²) in [6.07, 6.45) is 5.79. The van der Waals surface area contributed by atoms with Crippen molar-refractivity contribution < 1.29 is 86.4 Å². The summed E-state index contributed by atoms with van der Waals surface area (Å²) in [5, 5.41) is 0.476. The molecule has 3 N–H and O–H groups in total. The smallest absolute Gasteiger partial charge is 0.335 e. The fourth-order valence-corrected chi connectivity index (χ4v) is 9.90. The Labute approximate surface area is 390 Å². The zero-order valence-corrected chi connectivity index (χ0v) is 40.2. The maximum absolute atomic E-state index is 12.4. The quantitative estimate of drug-likeness (QED) is 0.0502. The molecule has 1 saturated heterocycles. The van der Waals surface area contributed by atoms with Gasteiger partial charge in [-0.2, -0.15) is 29.8 Å². The lowest BCUT2D eigenvalue weighted by molar-refractivity contribution is -0.441. The van der Waals surface area contributed by atoms with E-state index in [1.165, 1.54) is 38.5 Å². The maximum atomic E-state index is 12.4. The van der Waals surface area contributed by atoms with E-state index in [2.05, 4.69) is 0 Å². The third-order valence-electron chi connectivity index (χ3n) is 11.8. The molecule has 0 aromatic heterocycles. The van der Waals surface area contributed by atoms with Gasteiger partial charge in [-0.3, -0.25) is 23.2 Å². The van der Waals surface area contributed by atoms with Crippen LogP contribution in [0, 0.1) is 0 Å². The summed E-state index contributed by atoms with van der Waals surface area (Å²) in [4.78, 5) is 41.3. The van der Waals surface area contributed by atoms with Gasteiger partial charge in [0.1, 0.15) is 6.61 Å². The Balaban J connectivity index is 1.36. The average Bonchev–Trinajstić information content (AvgIpc) is 3.78. The Morgan fingerprint density at radius 2 is 1.33 bits per heavy atom. The molecule has 0 radical (unpaired) electrons. The Hall–Kier alpha value is -4.47. The molecule has 2 atom stereocenters. The normalized spacial score (nSPS) is 20.5. The second kappa shape index (κ2) is 22.8. The molecule has 3 aliphatic rings. The number of allylic oxidation sites excluding steroid dienone is 4. The fourth-order valence-electron chi connectivity index (χ4n) is 8.38. The van der Waals surface area contributed by atoms with Crippen LogP contribution in [0.15, 0.2) is 70.1 Å². The molecule has 0 aliphatic carbocycles. The van der Waals surface area contributed by atoms with Crippen LogP contribution in [0.25, 0.3) is 0 Å². The monoisotopic (exact) mass is 1000 g/mol. The average molecular weight is 1000 g/mol. The third-order valence-corrected chi connectivity index (χ3v) is 14.3. The summed E-state index contributed by atoms with van der Waals surface area (Å²) < 4.78 is 132. The number of nitrogens with zero attached hydrogens (tertiary/aromatic N) is 3. The van der Waals surface area contributed by atoms with Crippen LogP contribution in [0.3, 0.4) is 0 Å². The minimum atomic E-state index is -4.63. The Kier molecular flexibility index (Phi) is 18.2. The molecule has 370 valence electrons. The SMILES string of the molecule is COCC[N+]1=C(C=CC=C2N(CCOCCOCCOCCC(=O)ON3C(=O)CCC3=O)c3ccc(S(=O)(=O)O)cc3C2(C)CCOC)C(C)(CCCS(=O)(=O)O)c2cc(S(=O)(=O)O)ccc21. The van der Waals surface area contributed by atoms with Gasteiger partial charge in [0.15, 0.2) is 12.3 Å². The van der Waals surface area contributed by atoms with E-state index in [9.17, 15) is 53.3 Å². The van der Waals surface area contributed by atoms with E-state index in [0.29, 0.717) is 51.9 Å². The van der Waals surface area contributed by atoms with Gasteiger partial charge < -0.3 is 33.4 Å². The molecule has 3 heterocycles. The first-order valence-electron chi connectivity index (χ1n) is 21.3. The standard InChI is InChI=1S/C43H57N3O18S3/c1-42(16-6-28-65(50,51)52)33-29-31(66(53,54)55)9-11-35(33)44(18-22-60-4)37(42)7-5-8-38-43(2,17-21-59-3)34-30-32(67(56,57)58)10-12-36(34)45(38)19-23-62-25-27-63-26-24-61-20-15-41(49)64-46-39(47)13-14-40(46)48/h5,7-12,29-30H,6,13-28H2,1-4H3,(H2-,50,51,52,53,54,55,56,57,58)/p+1. The van der Waals surface area contributed by atoms with E-state index in [1.54, 1.807) is 18.2 Å². The number of hydrogen-bond donors (Lipinski definition) is 3. The summed E-state index contributed by atoms with van der Waals surface area (Å²) >= 11 is 0. The summed E-state index contributed by atoms with van der Waals surface area (Å²) in [5.74, 6) is -2.47. The highest BCUT2D eigenvalue weighted by molar-refractivity contribution is 7.86. The number of amides is 2. The van der Waals surface area contributed by atoms with E-state index >= 15 is 0 Å². The number of carbonyl (C=O) groups excluding carboxylic acids is 3. The Morgan fingerprint density at radius 3 is 1.93 bits per heavy atom. The van der Waals surface area contributed by atoms with E-state index in [4.69, 9.17) is 28.5 Å². The van der Waals surface area contributed by atoms with Crippen molar-refractivity contribution in [3.05, 3.63) is 71.5 Å². The van der Waals surface area contributed by atoms with E-state index in [0.717, 1.165) is 0 Å². The highest BCUT2D eigenvalue weighted by Crippen LogP contribution is 2.51. The number of fused-ring (bicyclic) bond motifs is 2. The van der Waals surface area contributed by atoms with Crippen molar-refractivity contribution >= 4 is 65.2 Å². The van der Waals surface area contributed by atoms with Crippen molar-refractivity contribution in [1.29, 1.82) is 0 Å². The van der Waals surface area contributed by atoms with Gasteiger partial charge in [-0.1, -0.05) is 6.08 Å². The Bertz CT molecular complexity index is 2580. The summed E-state index contributed by atoms with van der Waals surface area (Å²) in [5.41, 5.74) is 1.78. The second-order valence-corrected chi connectivity index (χ2v) is 20.7. The molecule has 0 spiro atoms. The first-order chi connectivity index (χ1) is 31.5. The lowest BCUT2D eigenvalue weighted by atomic mass is 9.75. The molecular formula is C43H58N3O18S3+. The van der Waals surface area contributed by atoms with Crippen LogP contribution >= 0.6 is 0 Å². The molecule has 2 amide bonds. The van der Waals surface area contributed by atoms with Gasteiger partial charge in [-0.25, -0.2) is 4.79 Å². The van der Waals surface area contributed by atoms with Crippen LogP contribution in [0.1, 0.15) is 63.5 Å². The van der Waals surface area contributed by atoms with Crippen LogP contribution in [0.4, 0.5) is 11.4 Å². The molecule has 24 heteroatoms. The number of imide groups is 1. The van der Waals surface area contributed by atoms with Crippen LogP contribution < -0.4 is 4.90 Å². The molecule has 1 fully saturated rings. The van der Waals surface area contributed by atoms with E-state index in [-0.39, 0.29) is 101 Å². The number of hydrogen-bond acceptors (Lipinski definition) is 16. The predicted octanol–water partition coefficient (Wildman–Crippen LogP) is 3.15. The van der Waals surface area contributed by atoms with Crippen molar-refractivity contribution in [2.75, 3.05) is 90.8 Å². The van der Waals surface area contributed by atoms with E-state index < -0.39 is 64.7 Å². The number of ether oxygens (including phenoxy) is 5. The summed E-state index contributed by atoms with van der Waals surface area (Å²) in [7, 11) is -10.5. The number of benzene rings is 2. The van der Waals surface area contributed by atoms with Gasteiger partial charge in [0, 0.05) is 74.7 Å². The number of hydroxylamine groups is 2. The van der Waals surface area contributed by atoms with Gasteiger partial charge >= 0.3 is 5.97 Å². The molecular weight excluding hydrogens is 943 g/mol. The molecule has 2 aromatic rings. The molecule has 5 rings (SSSR count). The third kappa shape index (κ3) is 13.4. The summed E-state index contributed by atoms with van der Waals surface area (Å²) in [6, 6.07) is 8.54. The maximum Gasteiger partial charge on any atom is 0.335 e. The fraction of sp³-hybridized carbons (Fsp3) is 0.535. The first-order valence-corrected chi connectivity index (χ1v) is 25.8. The highest BCUT2D eigenvalue weighted by Gasteiger charge is 2.48. The van der Waals surface area contributed by atoms with Crippen molar-refractivity contribution in [2.45, 2.75) is 73.0 Å². The van der Waals surface area contributed by atoms with Crippen molar-refractivity contribution in [2.24, 2.45) is 0 Å². The molecule has 3 aliphatic heterocycles. The molecule has 67 heavy (non-hydrogen) atoms. The van der Waals surface area contributed by atoms with Gasteiger partial charge in [-0.05, 0) is 75.1 Å². The summed E-state index contributed by atoms with van der Waals surface area (Å²) in [6.45, 7) is 5.74. The molecule has 21 nitrogen and oxygen atoms in total.